The summed E-state index contributed by atoms with van der Waals surface area (Å²) in [4.78, 5) is 21.6. The van der Waals surface area contributed by atoms with Gasteiger partial charge in [-0.2, -0.15) is 4.98 Å². The smallest absolute Gasteiger partial charge is 0.324 e. The number of nitrogens with one attached hydrogen (secondary N) is 3. The van der Waals surface area contributed by atoms with Gasteiger partial charge in [-0.1, -0.05) is 42.0 Å². The zero-order valence-corrected chi connectivity index (χ0v) is 22.2. The van der Waals surface area contributed by atoms with Crippen molar-refractivity contribution >= 4 is 39.9 Å². The second kappa shape index (κ2) is 11.3. The van der Waals surface area contributed by atoms with Gasteiger partial charge in [0.2, 0.25) is 17.7 Å². The zero-order valence-electron chi connectivity index (χ0n) is 22.2. The van der Waals surface area contributed by atoms with Gasteiger partial charge >= 0.3 is 6.03 Å². The van der Waals surface area contributed by atoms with Crippen LogP contribution in [0.4, 0.5) is 32.3 Å². The maximum Gasteiger partial charge on any atom is 0.324 e. The van der Waals surface area contributed by atoms with Gasteiger partial charge in [-0.05, 0) is 55.5 Å². The normalized spacial score (nSPS) is 10.8. The summed E-state index contributed by atoms with van der Waals surface area (Å²) in [5.74, 6) is 0.835. The van der Waals surface area contributed by atoms with Gasteiger partial charge in [0, 0.05) is 34.8 Å². The second-order valence-electron chi connectivity index (χ2n) is 9.32. The minimum absolute atomic E-state index is 0.224. The fourth-order valence-electron chi connectivity index (χ4n) is 4.31. The Labute approximate surface area is 239 Å². The molecule has 42 heavy (non-hydrogen) atoms. The van der Waals surface area contributed by atoms with Gasteiger partial charge in [0.25, 0.3) is 0 Å². The number of fused-ring (bicyclic) bond motifs is 1. The number of anilines is 4. The van der Waals surface area contributed by atoms with E-state index in [2.05, 4.69) is 31.0 Å². The molecule has 0 saturated heterocycles. The van der Waals surface area contributed by atoms with Crippen LogP contribution in [0.15, 0.2) is 103 Å². The monoisotopic (exact) mass is 561 g/mol. The standard InChI is InChI=1S/C31H24FN7O3/c1-19-6-12-22(13-7-19)39-27(18-28(40)38-39)36-31(41)35-25-14-15-26(24-5-3-2-4-23(24)25)42-29-16-17-33-30(37-29)34-21-10-8-20(32)9-11-21/h2-18H,1H3,(H,38,40)(H,33,34,37)(H2,35,36,41). The van der Waals surface area contributed by atoms with Gasteiger partial charge in [-0.25, -0.2) is 18.9 Å². The number of amides is 2. The highest BCUT2D eigenvalue weighted by molar-refractivity contribution is 6.07. The van der Waals surface area contributed by atoms with Crippen molar-refractivity contribution in [3.8, 4) is 23.2 Å². The lowest BCUT2D eigenvalue weighted by Crippen LogP contribution is -2.21. The predicted octanol–water partition coefficient (Wildman–Crippen LogP) is 7.15. The zero-order chi connectivity index (χ0) is 29.1. The lowest BCUT2D eigenvalue weighted by atomic mass is 10.1. The number of carbonyl (C=O) groups excluding carboxylic acids is 1. The van der Waals surface area contributed by atoms with Crippen molar-refractivity contribution in [2.75, 3.05) is 16.0 Å². The molecule has 11 heteroatoms. The van der Waals surface area contributed by atoms with Crippen LogP contribution in [0.25, 0.3) is 16.5 Å². The third-order valence-corrected chi connectivity index (χ3v) is 6.29. The number of aryl methyl sites for hydroxylation is 1. The Kier molecular flexibility index (Phi) is 7.04. The molecule has 0 aliphatic carbocycles. The van der Waals surface area contributed by atoms with Crippen LogP contribution in [0.2, 0.25) is 0 Å². The molecule has 2 amide bonds. The maximum absolute atomic E-state index is 13.2. The molecule has 0 radical (unpaired) electrons. The second-order valence-corrected chi connectivity index (χ2v) is 9.32. The van der Waals surface area contributed by atoms with Gasteiger partial charge in [-0.15, -0.1) is 5.10 Å². The highest BCUT2D eigenvalue weighted by atomic mass is 19.1. The summed E-state index contributed by atoms with van der Waals surface area (Å²) in [6.45, 7) is 1.97. The van der Waals surface area contributed by atoms with Gasteiger partial charge in [0.1, 0.15) is 17.4 Å². The van der Waals surface area contributed by atoms with E-state index in [1.807, 2.05) is 55.5 Å². The van der Waals surface area contributed by atoms with E-state index >= 15 is 0 Å². The van der Waals surface area contributed by atoms with Crippen LogP contribution in [0.1, 0.15) is 5.56 Å². The van der Waals surface area contributed by atoms with Crippen LogP contribution >= 0.6 is 0 Å². The van der Waals surface area contributed by atoms with E-state index in [0.717, 1.165) is 16.3 Å². The number of aromatic nitrogens is 4. The van der Waals surface area contributed by atoms with Crippen molar-refractivity contribution in [3.05, 3.63) is 115 Å². The summed E-state index contributed by atoms with van der Waals surface area (Å²) >= 11 is 0. The molecule has 2 heterocycles. The largest absolute Gasteiger partial charge is 0.492 e. The van der Waals surface area contributed by atoms with Gasteiger partial charge in [0.15, 0.2) is 0 Å². The van der Waals surface area contributed by atoms with Crippen molar-refractivity contribution in [1.82, 2.24) is 19.7 Å². The molecular weight excluding hydrogens is 537 g/mol. The molecule has 6 aromatic rings. The van der Waals surface area contributed by atoms with E-state index in [4.69, 9.17) is 4.74 Å². The first-order valence-electron chi connectivity index (χ1n) is 12.9. The number of rotatable bonds is 7. The van der Waals surface area contributed by atoms with E-state index in [1.165, 1.54) is 22.9 Å². The van der Waals surface area contributed by atoms with E-state index in [1.54, 1.807) is 36.5 Å². The predicted molar refractivity (Wildman–Crippen MR) is 158 cm³/mol. The molecule has 0 unspecified atom stereocenters. The Bertz CT molecular complexity index is 1890. The molecule has 0 saturated carbocycles. The number of nitrogens with zero attached hydrogens (tertiary/aromatic N) is 4. The molecule has 4 N–H and O–H groups in total. The molecule has 0 bridgehead atoms. The number of halogens is 1. The molecule has 0 spiro atoms. The number of urea groups is 1. The van der Waals surface area contributed by atoms with E-state index in [0.29, 0.717) is 34.5 Å². The van der Waals surface area contributed by atoms with Crippen molar-refractivity contribution < 1.29 is 19.0 Å². The van der Waals surface area contributed by atoms with Crippen LogP contribution in [-0.2, 0) is 0 Å². The molecule has 0 aliphatic rings. The number of benzene rings is 4. The first-order valence-corrected chi connectivity index (χ1v) is 12.9. The average molecular weight is 562 g/mol. The van der Waals surface area contributed by atoms with Crippen LogP contribution in [0, 0.1) is 12.7 Å². The molecule has 208 valence electrons. The van der Waals surface area contributed by atoms with Crippen LogP contribution in [0.5, 0.6) is 17.5 Å². The van der Waals surface area contributed by atoms with Crippen molar-refractivity contribution in [2.24, 2.45) is 0 Å². The molecule has 0 aliphatic heterocycles. The average Bonchev–Trinajstić information content (AvgIpc) is 3.35. The minimum Gasteiger partial charge on any atom is -0.492 e. The van der Waals surface area contributed by atoms with Gasteiger partial charge in [0.05, 0.1) is 11.4 Å². The number of hydrogen-bond acceptors (Lipinski definition) is 7. The minimum atomic E-state index is -0.519. The molecule has 2 aromatic heterocycles. The molecule has 0 fully saturated rings. The third kappa shape index (κ3) is 5.80. The maximum atomic E-state index is 13.2. The SMILES string of the molecule is Cc1ccc(-n2nc(O)cc2NC(=O)Nc2ccc(Oc3ccnc(Nc4ccc(F)cc4)n3)c3ccccc23)cc1. The lowest BCUT2D eigenvalue weighted by molar-refractivity contribution is 0.262. The fourth-order valence-corrected chi connectivity index (χ4v) is 4.31. The molecular formula is C31H24FN7O3. The number of aromatic hydroxyl groups is 1. The Morgan fingerprint density at radius 1 is 0.905 bits per heavy atom. The van der Waals surface area contributed by atoms with Crippen molar-refractivity contribution in [3.63, 3.8) is 0 Å². The van der Waals surface area contributed by atoms with Crippen LogP contribution in [-0.4, -0.2) is 30.9 Å². The number of ether oxygens (including phenoxy) is 1. The topological polar surface area (TPSA) is 126 Å². The Morgan fingerprint density at radius 3 is 2.45 bits per heavy atom. The summed E-state index contributed by atoms with van der Waals surface area (Å²) in [5, 5.41) is 24.2. The summed E-state index contributed by atoms with van der Waals surface area (Å²) < 4.78 is 20.8. The summed E-state index contributed by atoms with van der Waals surface area (Å²) in [6.07, 6.45) is 1.55. The number of carbonyl (C=O) groups is 1. The van der Waals surface area contributed by atoms with E-state index < -0.39 is 6.03 Å². The first kappa shape index (κ1) is 26.3. The highest BCUT2D eigenvalue weighted by Crippen LogP contribution is 2.34. The Hall–Kier alpha value is -5.97. The van der Waals surface area contributed by atoms with E-state index in [9.17, 15) is 14.3 Å². The van der Waals surface area contributed by atoms with Crippen LogP contribution < -0.4 is 20.7 Å². The third-order valence-electron chi connectivity index (χ3n) is 6.29. The Balaban J connectivity index is 1.21. The fraction of sp³-hybridized carbons (Fsp3) is 0.0323. The molecule has 10 nitrogen and oxygen atoms in total. The summed E-state index contributed by atoms with van der Waals surface area (Å²) in [6, 6.07) is 26.8. The Morgan fingerprint density at radius 2 is 1.67 bits per heavy atom. The van der Waals surface area contributed by atoms with Gasteiger partial charge < -0.3 is 20.5 Å². The molecule has 0 atom stereocenters. The summed E-state index contributed by atoms with van der Waals surface area (Å²) in [5.41, 5.74) is 2.93. The van der Waals surface area contributed by atoms with E-state index in [-0.39, 0.29) is 17.6 Å². The highest BCUT2D eigenvalue weighted by Gasteiger charge is 2.15. The van der Waals surface area contributed by atoms with Crippen molar-refractivity contribution in [1.29, 1.82) is 0 Å². The lowest BCUT2D eigenvalue weighted by Gasteiger charge is -2.14. The van der Waals surface area contributed by atoms with Crippen LogP contribution in [0.3, 0.4) is 0 Å². The first-order chi connectivity index (χ1) is 20.4. The number of hydrogen-bond donors (Lipinski definition) is 4. The molecule has 6 rings (SSSR count). The summed E-state index contributed by atoms with van der Waals surface area (Å²) in [7, 11) is 0. The molecule has 4 aromatic carbocycles. The van der Waals surface area contributed by atoms with Gasteiger partial charge in [-0.3, -0.25) is 5.32 Å². The van der Waals surface area contributed by atoms with Crippen molar-refractivity contribution in [2.45, 2.75) is 6.92 Å². The quantitative estimate of drug-likeness (QED) is 0.163.